The molecule has 0 aliphatic rings. The van der Waals surface area contributed by atoms with Crippen molar-refractivity contribution in [2.24, 2.45) is 0 Å². The van der Waals surface area contributed by atoms with Gasteiger partial charge in [0.05, 0.1) is 11.4 Å². The number of hydrogen-bond donors (Lipinski definition) is 1. The van der Waals surface area contributed by atoms with Crippen molar-refractivity contribution in [2.45, 2.75) is 4.90 Å². The third-order valence-electron chi connectivity index (χ3n) is 2.33. The van der Waals surface area contributed by atoms with E-state index in [9.17, 15) is 9.18 Å². The zero-order valence-electron chi connectivity index (χ0n) is 9.90. The third-order valence-corrected chi connectivity index (χ3v) is 3.60. The van der Waals surface area contributed by atoms with Gasteiger partial charge in [-0.1, -0.05) is 23.7 Å². The van der Waals surface area contributed by atoms with Crippen LogP contribution in [-0.2, 0) is 4.79 Å². The summed E-state index contributed by atoms with van der Waals surface area (Å²) in [6.07, 6.45) is 0. The zero-order chi connectivity index (χ0) is 13.7. The van der Waals surface area contributed by atoms with Crippen LogP contribution in [0, 0.1) is 5.82 Å². The second-order valence-electron chi connectivity index (χ2n) is 3.77. The molecule has 0 bridgehead atoms. The van der Waals surface area contributed by atoms with E-state index in [0.29, 0.717) is 5.02 Å². The number of carbonyl (C=O) groups excluding carboxylic acids is 1. The summed E-state index contributed by atoms with van der Waals surface area (Å²) in [4.78, 5) is 12.6. The number of thioether (sulfide) groups is 1. The maximum Gasteiger partial charge on any atom is 0.234 e. The van der Waals surface area contributed by atoms with E-state index in [1.165, 1.54) is 23.9 Å². The topological polar surface area (TPSA) is 29.1 Å². The molecular formula is C14H11ClFNOS. The lowest BCUT2D eigenvalue weighted by Gasteiger charge is -2.06. The third kappa shape index (κ3) is 4.26. The Hall–Kier alpha value is -1.52. The summed E-state index contributed by atoms with van der Waals surface area (Å²) in [5.41, 5.74) is 0.198. The fraction of sp³-hybridized carbons (Fsp3) is 0.0714. The van der Waals surface area contributed by atoms with Gasteiger partial charge >= 0.3 is 0 Å². The molecule has 2 aromatic rings. The standard InChI is InChI=1S/C14H11ClFNOS/c15-10-5-7-11(8-6-10)19-9-14(18)17-13-4-2-1-3-12(13)16/h1-8H,9H2,(H,17,18). The normalized spacial score (nSPS) is 10.2. The van der Waals surface area contributed by atoms with Crippen LogP contribution in [-0.4, -0.2) is 11.7 Å². The first kappa shape index (κ1) is 13.9. The van der Waals surface area contributed by atoms with E-state index in [1.807, 2.05) is 12.1 Å². The molecular weight excluding hydrogens is 285 g/mol. The minimum atomic E-state index is -0.438. The molecule has 0 saturated carbocycles. The zero-order valence-corrected chi connectivity index (χ0v) is 11.5. The summed E-state index contributed by atoms with van der Waals surface area (Å²) in [7, 11) is 0. The lowest BCUT2D eigenvalue weighted by atomic mass is 10.3. The number of hydrogen-bond acceptors (Lipinski definition) is 2. The van der Waals surface area contributed by atoms with Crippen LogP contribution >= 0.6 is 23.4 Å². The molecule has 0 fully saturated rings. The Balaban J connectivity index is 1.88. The molecule has 0 aromatic heterocycles. The highest BCUT2D eigenvalue weighted by Gasteiger charge is 2.06. The number of para-hydroxylation sites is 1. The fourth-order valence-corrected chi connectivity index (χ4v) is 2.25. The van der Waals surface area contributed by atoms with Crippen molar-refractivity contribution in [1.82, 2.24) is 0 Å². The van der Waals surface area contributed by atoms with Gasteiger partial charge in [0.25, 0.3) is 0 Å². The highest BCUT2D eigenvalue weighted by atomic mass is 35.5. The Kier molecular flexibility index (Phi) is 4.82. The van der Waals surface area contributed by atoms with E-state index >= 15 is 0 Å². The first-order chi connectivity index (χ1) is 9.15. The van der Waals surface area contributed by atoms with Crippen molar-refractivity contribution in [3.63, 3.8) is 0 Å². The van der Waals surface area contributed by atoms with Gasteiger partial charge in [-0.3, -0.25) is 4.79 Å². The van der Waals surface area contributed by atoms with E-state index in [1.54, 1.807) is 24.3 Å². The molecule has 1 N–H and O–H groups in total. The summed E-state index contributed by atoms with van der Waals surface area (Å²) in [5, 5.41) is 3.18. The van der Waals surface area contributed by atoms with Crippen molar-refractivity contribution in [1.29, 1.82) is 0 Å². The maximum absolute atomic E-state index is 13.3. The summed E-state index contributed by atoms with van der Waals surface area (Å²) in [6.45, 7) is 0. The van der Waals surface area contributed by atoms with Gasteiger partial charge < -0.3 is 5.32 Å². The van der Waals surface area contributed by atoms with Crippen molar-refractivity contribution < 1.29 is 9.18 Å². The molecule has 98 valence electrons. The molecule has 2 nitrogen and oxygen atoms in total. The summed E-state index contributed by atoms with van der Waals surface area (Å²) in [6, 6.07) is 13.3. The number of halogens is 2. The lowest BCUT2D eigenvalue weighted by Crippen LogP contribution is -2.14. The van der Waals surface area contributed by atoms with Crippen molar-refractivity contribution >= 4 is 35.0 Å². The SMILES string of the molecule is O=C(CSc1ccc(Cl)cc1)Nc1ccccc1F. The van der Waals surface area contributed by atoms with Gasteiger partial charge in [-0.2, -0.15) is 0 Å². The van der Waals surface area contributed by atoms with E-state index < -0.39 is 5.82 Å². The molecule has 5 heteroatoms. The van der Waals surface area contributed by atoms with Crippen LogP contribution in [0.3, 0.4) is 0 Å². The van der Waals surface area contributed by atoms with E-state index in [4.69, 9.17) is 11.6 Å². The second kappa shape index (κ2) is 6.59. The smallest absolute Gasteiger partial charge is 0.234 e. The van der Waals surface area contributed by atoms with Crippen molar-refractivity contribution in [3.05, 3.63) is 59.4 Å². The molecule has 0 spiro atoms. The summed E-state index contributed by atoms with van der Waals surface area (Å²) < 4.78 is 13.3. The molecule has 19 heavy (non-hydrogen) atoms. The van der Waals surface area contributed by atoms with Crippen LogP contribution in [0.2, 0.25) is 5.02 Å². The van der Waals surface area contributed by atoms with Crippen molar-refractivity contribution in [2.75, 3.05) is 11.1 Å². The van der Waals surface area contributed by atoms with Gasteiger partial charge in [0.15, 0.2) is 0 Å². The summed E-state index contributed by atoms with van der Waals surface area (Å²) >= 11 is 7.14. The molecule has 0 heterocycles. The van der Waals surface area contributed by atoms with Crippen LogP contribution in [0.4, 0.5) is 10.1 Å². The number of rotatable bonds is 4. The van der Waals surface area contributed by atoms with Crippen LogP contribution in [0.25, 0.3) is 0 Å². The van der Waals surface area contributed by atoms with Crippen LogP contribution in [0.15, 0.2) is 53.4 Å². The molecule has 0 aliphatic heterocycles. The number of anilines is 1. The van der Waals surface area contributed by atoms with E-state index in [-0.39, 0.29) is 17.3 Å². The Bertz CT molecular complexity index is 574. The van der Waals surface area contributed by atoms with Crippen LogP contribution in [0.5, 0.6) is 0 Å². The molecule has 2 aromatic carbocycles. The fourth-order valence-electron chi connectivity index (χ4n) is 1.43. The average Bonchev–Trinajstić information content (AvgIpc) is 2.41. The quantitative estimate of drug-likeness (QED) is 0.856. The Morgan fingerprint density at radius 1 is 1.16 bits per heavy atom. The van der Waals surface area contributed by atoms with Crippen molar-refractivity contribution in [3.8, 4) is 0 Å². The minimum Gasteiger partial charge on any atom is -0.323 e. The second-order valence-corrected chi connectivity index (χ2v) is 5.26. The molecule has 0 radical (unpaired) electrons. The molecule has 1 amide bonds. The Morgan fingerprint density at radius 2 is 1.84 bits per heavy atom. The van der Waals surface area contributed by atoms with E-state index in [0.717, 1.165) is 4.90 Å². The number of benzene rings is 2. The minimum absolute atomic E-state index is 0.198. The van der Waals surface area contributed by atoms with Crippen LogP contribution < -0.4 is 5.32 Å². The number of carbonyl (C=O) groups is 1. The molecule has 0 aliphatic carbocycles. The number of amides is 1. The highest BCUT2D eigenvalue weighted by molar-refractivity contribution is 8.00. The number of nitrogens with one attached hydrogen (secondary N) is 1. The first-order valence-corrected chi connectivity index (χ1v) is 6.94. The Labute approximate surface area is 120 Å². The maximum atomic E-state index is 13.3. The van der Waals surface area contributed by atoms with Gasteiger partial charge in [-0.15, -0.1) is 11.8 Å². The summed E-state index contributed by atoms with van der Waals surface area (Å²) in [5.74, 6) is -0.465. The average molecular weight is 296 g/mol. The van der Waals surface area contributed by atoms with Crippen LogP contribution in [0.1, 0.15) is 0 Å². The molecule has 0 unspecified atom stereocenters. The van der Waals surface area contributed by atoms with Gasteiger partial charge in [-0.05, 0) is 36.4 Å². The molecule has 0 saturated heterocycles. The highest BCUT2D eigenvalue weighted by Crippen LogP contribution is 2.21. The van der Waals surface area contributed by atoms with Gasteiger partial charge in [0, 0.05) is 9.92 Å². The Morgan fingerprint density at radius 3 is 2.53 bits per heavy atom. The first-order valence-electron chi connectivity index (χ1n) is 5.58. The monoisotopic (exact) mass is 295 g/mol. The van der Waals surface area contributed by atoms with Gasteiger partial charge in [0.2, 0.25) is 5.91 Å². The predicted octanol–water partition coefficient (Wildman–Crippen LogP) is 4.21. The lowest BCUT2D eigenvalue weighted by molar-refractivity contribution is -0.113. The largest absolute Gasteiger partial charge is 0.323 e. The van der Waals surface area contributed by atoms with E-state index in [2.05, 4.69) is 5.32 Å². The van der Waals surface area contributed by atoms with Gasteiger partial charge in [-0.25, -0.2) is 4.39 Å². The predicted molar refractivity (Wildman–Crippen MR) is 77.2 cm³/mol. The van der Waals surface area contributed by atoms with Gasteiger partial charge in [0.1, 0.15) is 5.82 Å². The molecule has 0 atom stereocenters. The molecule has 2 rings (SSSR count).